The number of piperidine rings is 1. The zero-order valence-electron chi connectivity index (χ0n) is 13.3. The van der Waals surface area contributed by atoms with Gasteiger partial charge in [-0.25, -0.2) is 9.37 Å². The Balaban J connectivity index is 1.67. The van der Waals surface area contributed by atoms with Gasteiger partial charge in [0.2, 0.25) is 0 Å². The van der Waals surface area contributed by atoms with Crippen LogP contribution < -0.4 is 10.1 Å². The molecule has 3 aromatic rings. The van der Waals surface area contributed by atoms with Gasteiger partial charge in [-0.15, -0.1) is 0 Å². The predicted octanol–water partition coefficient (Wildman–Crippen LogP) is 3.43. The van der Waals surface area contributed by atoms with Crippen LogP contribution in [-0.4, -0.2) is 28.3 Å². The van der Waals surface area contributed by atoms with Crippen LogP contribution in [-0.2, 0) is 6.42 Å². The molecule has 0 saturated carbocycles. The first kappa shape index (κ1) is 15.1. The van der Waals surface area contributed by atoms with Gasteiger partial charge >= 0.3 is 0 Å². The van der Waals surface area contributed by atoms with Crippen molar-refractivity contribution in [3.8, 4) is 11.5 Å². The second kappa shape index (κ2) is 6.57. The molecule has 2 aromatic heterocycles. The topological polar surface area (TPSA) is 62.8 Å². The van der Waals surface area contributed by atoms with Crippen molar-refractivity contribution in [1.82, 2.24) is 20.5 Å². The molecule has 4 rings (SSSR count). The number of para-hydroxylation sites is 1. The second-order valence-corrected chi connectivity index (χ2v) is 6.14. The Hall–Kier alpha value is -2.47. The summed E-state index contributed by atoms with van der Waals surface area (Å²) < 4.78 is 19.7. The zero-order valence-corrected chi connectivity index (χ0v) is 13.3. The fourth-order valence-corrected chi connectivity index (χ4v) is 3.23. The molecule has 1 aliphatic heterocycles. The summed E-state index contributed by atoms with van der Waals surface area (Å²) in [7, 11) is 0. The average molecular weight is 326 g/mol. The van der Waals surface area contributed by atoms with Gasteiger partial charge in [0.05, 0.1) is 5.39 Å². The van der Waals surface area contributed by atoms with E-state index >= 15 is 0 Å². The molecule has 1 fully saturated rings. The van der Waals surface area contributed by atoms with Gasteiger partial charge in [-0.1, -0.05) is 12.1 Å². The Morgan fingerprint density at radius 3 is 2.79 bits per heavy atom. The van der Waals surface area contributed by atoms with Gasteiger partial charge in [0.1, 0.15) is 5.75 Å². The van der Waals surface area contributed by atoms with Crippen molar-refractivity contribution in [1.29, 1.82) is 0 Å². The molecule has 0 unspecified atom stereocenters. The average Bonchev–Trinajstić information content (AvgIpc) is 3.02. The third-order valence-corrected chi connectivity index (χ3v) is 4.50. The van der Waals surface area contributed by atoms with Crippen LogP contribution in [0.1, 0.15) is 18.5 Å². The van der Waals surface area contributed by atoms with Gasteiger partial charge in [0.15, 0.2) is 17.2 Å². The van der Waals surface area contributed by atoms with Gasteiger partial charge in [0.25, 0.3) is 0 Å². The van der Waals surface area contributed by atoms with Crippen molar-refractivity contribution >= 4 is 11.0 Å². The number of fused-ring (bicyclic) bond motifs is 1. The van der Waals surface area contributed by atoms with Crippen molar-refractivity contribution in [2.45, 2.75) is 19.3 Å². The summed E-state index contributed by atoms with van der Waals surface area (Å²) in [5.41, 5.74) is 1.61. The van der Waals surface area contributed by atoms with Gasteiger partial charge < -0.3 is 10.1 Å². The predicted molar refractivity (Wildman–Crippen MR) is 89.7 cm³/mol. The molecule has 3 heterocycles. The monoisotopic (exact) mass is 326 g/mol. The maximum absolute atomic E-state index is 13.9. The van der Waals surface area contributed by atoms with Crippen LogP contribution in [0.25, 0.3) is 11.0 Å². The van der Waals surface area contributed by atoms with Gasteiger partial charge in [-0.05, 0) is 56.5 Å². The summed E-state index contributed by atoms with van der Waals surface area (Å²) in [5, 5.41) is 11.6. The highest BCUT2D eigenvalue weighted by Gasteiger charge is 2.19. The Kier molecular flexibility index (Phi) is 4.13. The van der Waals surface area contributed by atoms with Crippen molar-refractivity contribution < 1.29 is 9.13 Å². The molecule has 1 aromatic carbocycles. The molecule has 0 amide bonds. The summed E-state index contributed by atoms with van der Waals surface area (Å²) in [6.07, 6.45) is 4.82. The summed E-state index contributed by atoms with van der Waals surface area (Å²) in [5.74, 6) is 1.02. The van der Waals surface area contributed by atoms with E-state index in [1.54, 1.807) is 30.5 Å². The van der Waals surface area contributed by atoms with Gasteiger partial charge in [0, 0.05) is 11.9 Å². The lowest BCUT2D eigenvalue weighted by Gasteiger charge is -2.22. The lowest BCUT2D eigenvalue weighted by molar-refractivity contribution is 0.370. The van der Waals surface area contributed by atoms with E-state index in [2.05, 4.69) is 20.5 Å². The lowest BCUT2D eigenvalue weighted by atomic mass is 9.92. The quantitative estimate of drug-likeness (QED) is 0.771. The first-order valence-electron chi connectivity index (χ1n) is 8.26. The highest BCUT2D eigenvalue weighted by molar-refractivity contribution is 5.84. The number of aromatic amines is 1. The lowest BCUT2D eigenvalue weighted by Crippen LogP contribution is -2.28. The minimum absolute atomic E-state index is 0.207. The van der Waals surface area contributed by atoms with E-state index in [0.717, 1.165) is 43.4 Å². The molecule has 1 saturated heterocycles. The van der Waals surface area contributed by atoms with E-state index in [-0.39, 0.29) is 11.6 Å². The standard InChI is InChI=1S/C18H19FN4O/c19-13-3-1-2-4-15(13)24-16-7-10-21-18-17(16)14(22-23-18)11-12-5-8-20-9-6-12/h1-4,7,10,12,20H,5-6,8-9,11H2,(H,21,22,23). The fourth-order valence-electron chi connectivity index (χ4n) is 3.23. The third kappa shape index (κ3) is 2.97. The number of hydrogen-bond donors (Lipinski definition) is 2. The van der Waals surface area contributed by atoms with Crippen molar-refractivity contribution in [2.24, 2.45) is 5.92 Å². The SMILES string of the molecule is Fc1ccccc1Oc1ccnc2n[nH]c(CC3CCNCC3)c12. The number of rotatable bonds is 4. The van der Waals surface area contributed by atoms with Crippen LogP contribution in [0.2, 0.25) is 0 Å². The van der Waals surface area contributed by atoms with E-state index < -0.39 is 0 Å². The smallest absolute Gasteiger partial charge is 0.184 e. The number of hydrogen-bond acceptors (Lipinski definition) is 4. The molecule has 0 bridgehead atoms. The highest BCUT2D eigenvalue weighted by atomic mass is 19.1. The number of halogens is 1. The minimum atomic E-state index is -0.383. The molecule has 2 N–H and O–H groups in total. The van der Waals surface area contributed by atoms with Crippen LogP contribution in [0, 0.1) is 11.7 Å². The van der Waals surface area contributed by atoms with Crippen LogP contribution in [0.5, 0.6) is 11.5 Å². The van der Waals surface area contributed by atoms with E-state index in [1.807, 2.05) is 0 Å². The molecule has 5 nitrogen and oxygen atoms in total. The molecular formula is C18H19FN4O. The minimum Gasteiger partial charge on any atom is -0.453 e. The summed E-state index contributed by atoms with van der Waals surface area (Å²) >= 11 is 0. The highest BCUT2D eigenvalue weighted by Crippen LogP contribution is 2.33. The largest absolute Gasteiger partial charge is 0.453 e. The first-order valence-corrected chi connectivity index (χ1v) is 8.26. The number of pyridine rings is 1. The number of nitrogens with one attached hydrogen (secondary N) is 2. The maximum atomic E-state index is 13.9. The van der Waals surface area contributed by atoms with Crippen molar-refractivity contribution in [3.63, 3.8) is 0 Å². The summed E-state index contributed by atoms with van der Waals surface area (Å²) in [6.45, 7) is 2.10. The number of benzene rings is 1. The van der Waals surface area contributed by atoms with Crippen LogP contribution in [0.3, 0.4) is 0 Å². The van der Waals surface area contributed by atoms with Crippen molar-refractivity contribution in [2.75, 3.05) is 13.1 Å². The molecular weight excluding hydrogens is 307 g/mol. The van der Waals surface area contributed by atoms with Crippen LogP contribution in [0.15, 0.2) is 36.5 Å². The zero-order chi connectivity index (χ0) is 16.4. The van der Waals surface area contributed by atoms with E-state index in [1.165, 1.54) is 6.07 Å². The Labute approximate surface area is 139 Å². The molecule has 0 atom stereocenters. The maximum Gasteiger partial charge on any atom is 0.184 e. The van der Waals surface area contributed by atoms with Crippen molar-refractivity contribution in [3.05, 3.63) is 48.0 Å². The van der Waals surface area contributed by atoms with E-state index in [0.29, 0.717) is 17.3 Å². The summed E-state index contributed by atoms with van der Waals surface area (Å²) in [4.78, 5) is 4.29. The van der Waals surface area contributed by atoms with E-state index in [4.69, 9.17) is 4.74 Å². The molecule has 6 heteroatoms. The number of H-pyrrole nitrogens is 1. The van der Waals surface area contributed by atoms with Gasteiger partial charge in [-0.2, -0.15) is 5.10 Å². The molecule has 1 aliphatic rings. The fraction of sp³-hybridized carbons (Fsp3) is 0.333. The molecule has 0 spiro atoms. The second-order valence-electron chi connectivity index (χ2n) is 6.14. The molecule has 24 heavy (non-hydrogen) atoms. The Morgan fingerprint density at radius 1 is 1.12 bits per heavy atom. The Morgan fingerprint density at radius 2 is 1.96 bits per heavy atom. The molecule has 0 radical (unpaired) electrons. The molecule has 124 valence electrons. The number of nitrogens with zero attached hydrogens (tertiary/aromatic N) is 2. The van der Waals surface area contributed by atoms with E-state index in [9.17, 15) is 4.39 Å². The number of aromatic nitrogens is 3. The number of ether oxygens (including phenoxy) is 1. The normalized spacial score (nSPS) is 15.7. The van der Waals surface area contributed by atoms with Crippen LogP contribution in [0.4, 0.5) is 4.39 Å². The Bertz CT molecular complexity index is 842. The van der Waals surface area contributed by atoms with Crippen LogP contribution >= 0.6 is 0 Å². The molecule has 0 aliphatic carbocycles. The first-order chi connectivity index (χ1) is 11.8. The van der Waals surface area contributed by atoms with Gasteiger partial charge in [-0.3, -0.25) is 5.10 Å². The summed E-state index contributed by atoms with van der Waals surface area (Å²) in [6, 6.07) is 8.16. The third-order valence-electron chi connectivity index (χ3n) is 4.50.